The quantitative estimate of drug-likeness (QED) is 0.785. The van der Waals surface area contributed by atoms with E-state index in [9.17, 15) is 4.39 Å². The van der Waals surface area contributed by atoms with Crippen LogP contribution in [0.3, 0.4) is 0 Å². The van der Waals surface area contributed by atoms with Crippen molar-refractivity contribution in [2.24, 2.45) is 0 Å². The molecule has 2 rings (SSSR count). The van der Waals surface area contributed by atoms with Gasteiger partial charge in [0, 0.05) is 10.9 Å². The van der Waals surface area contributed by atoms with Crippen molar-refractivity contribution in [3.63, 3.8) is 0 Å². The molecule has 1 aromatic heterocycles. The third-order valence-corrected chi connectivity index (χ3v) is 4.64. The second-order valence-electron chi connectivity index (χ2n) is 4.48. The normalized spacial score (nSPS) is 12.6. The number of hydrogen-bond donors (Lipinski definition) is 1. The SMILES string of the molecule is CCCNC(Cc1cccc(F)c1)c1ccc(Br)s1. The van der Waals surface area contributed by atoms with E-state index >= 15 is 0 Å². The van der Waals surface area contributed by atoms with E-state index in [1.54, 1.807) is 23.5 Å². The Kier molecular flexibility index (Phi) is 5.55. The van der Waals surface area contributed by atoms with Gasteiger partial charge in [0.2, 0.25) is 0 Å². The smallest absolute Gasteiger partial charge is 0.123 e. The summed E-state index contributed by atoms with van der Waals surface area (Å²) in [4.78, 5) is 1.28. The number of benzene rings is 1. The topological polar surface area (TPSA) is 12.0 Å². The standard InChI is InChI=1S/C15H17BrFNS/c1-2-8-18-13(14-6-7-15(16)19-14)10-11-4-3-5-12(17)9-11/h3-7,9,13,18H,2,8,10H2,1H3. The lowest BCUT2D eigenvalue weighted by molar-refractivity contribution is 0.534. The summed E-state index contributed by atoms with van der Waals surface area (Å²) in [6.07, 6.45) is 1.90. The van der Waals surface area contributed by atoms with Gasteiger partial charge in [0.15, 0.2) is 0 Å². The fourth-order valence-corrected chi connectivity index (χ4v) is 3.51. The summed E-state index contributed by atoms with van der Waals surface area (Å²) in [5.74, 6) is -0.167. The van der Waals surface area contributed by atoms with Crippen molar-refractivity contribution in [2.75, 3.05) is 6.54 Å². The lowest BCUT2D eigenvalue weighted by atomic mass is 10.0. The van der Waals surface area contributed by atoms with Crippen LogP contribution < -0.4 is 5.32 Å². The van der Waals surface area contributed by atoms with Gasteiger partial charge in [-0.1, -0.05) is 19.1 Å². The summed E-state index contributed by atoms with van der Waals surface area (Å²) in [6.45, 7) is 3.12. The van der Waals surface area contributed by atoms with Crippen LogP contribution in [0.5, 0.6) is 0 Å². The highest BCUT2D eigenvalue weighted by atomic mass is 79.9. The maximum Gasteiger partial charge on any atom is 0.123 e. The Hall–Kier alpha value is -0.710. The van der Waals surface area contributed by atoms with E-state index in [0.29, 0.717) is 0 Å². The number of rotatable bonds is 6. The van der Waals surface area contributed by atoms with E-state index < -0.39 is 0 Å². The zero-order chi connectivity index (χ0) is 13.7. The molecule has 0 radical (unpaired) electrons. The van der Waals surface area contributed by atoms with E-state index in [2.05, 4.69) is 40.3 Å². The maximum atomic E-state index is 13.3. The van der Waals surface area contributed by atoms with Crippen molar-refractivity contribution >= 4 is 27.3 Å². The van der Waals surface area contributed by atoms with Crippen molar-refractivity contribution in [3.8, 4) is 0 Å². The molecule has 0 saturated carbocycles. The fourth-order valence-electron chi connectivity index (χ4n) is 2.01. The van der Waals surface area contributed by atoms with Crippen molar-refractivity contribution in [2.45, 2.75) is 25.8 Å². The number of thiophene rings is 1. The minimum atomic E-state index is -0.167. The van der Waals surface area contributed by atoms with Crippen LogP contribution in [0.2, 0.25) is 0 Å². The zero-order valence-electron chi connectivity index (χ0n) is 10.8. The predicted octanol–water partition coefficient (Wildman–Crippen LogP) is 4.93. The van der Waals surface area contributed by atoms with Crippen LogP contribution in [0.4, 0.5) is 4.39 Å². The summed E-state index contributed by atoms with van der Waals surface area (Å²) in [5.41, 5.74) is 1.03. The van der Waals surface area contributed by atoms with Crippen molar-refractivity contribution in [3.05, 3.63) is 56.4 Å². The van der Waals surface area contributed by atoms with Crippen LogP contribution in [0, 0.1) is 5.82 Å². The maximum absolute atomic E-state index is 13.3. The molecule has 0 fully saturated rings. The molecular formula is C15H17BrFNS. The van der Waals surface area contributed by atoms with Crippen LogP contribution in [0.25, 0.3) is 0 Å². The first kappa shape index (κ1) is 14.7. The first-order valence-electron chi connectivity index (χ1n) is 6.42. The first-order chi connectivity index (χ1) is 9.19. The molecule has 1 N–H and O–H groups in total. The predicted molar refractivity (Wildman–Crippen MR) is 83.2 cm³/mol. The summed E-state index contributed by atoms with van der Waals surface area (Å²) in [5, 5.41) is 3.53. The molecule has 0 aliphatic rings. The molecule has 0 spiro atoms. The van der Waals surface area contributed by atoms with Crippen LogP contribution in [0.1, 0.15) is 29.8 Å². The summed E-state index contributed by atoms with van der Waals surface area (Å²) in [6, 6.07) is 11.3. The van der Waals surface area contributed by atoms with E-state index in [0.717, 1.165) is 28.7 Å². The van der Waals surface area contributed by atoms with Gasteiger partial charge in [0.1, 0.15) is 5.82 Å². The first-order valence-corrected chi connectivity index (χ1v) is 8.03. The molecular weight excluding hydrogens is 325 g/mol. The van der Waals surface area contributed by atoms with E-state index in [1.165, 1.54) is 10.9 Å². The highest BCUT2D eigenvalue weighted by Crippen LogP contribution is 2.29. The Morgan fingerprint density at radius 3 is 2.79 bits per heavy atom. The molecule has 1 unspecified atom stereocenters. The van der Waals surface area contributed by atoms with Crippen LogP contribution >= 0.6 is 27.3 Å². The minimum Gasteiger partial charge on any atom is -0.309 e. The van der Waals surface area contributed by atoms with E-state index in [4.69, 9.17) is 0 Å². The number of nitrogens with one attached hydrogen (secondary N) is 1. The molecule has 0 saturated heterocycles. The van der Waals surface area contributed by atoms with E-state index in [-0.39, 0.29) is 11.9 Å². The molecule has 1 nitrogen and oxygen atoms in total. The molecule has 0 aliphatic heterocycles. The highest BCUT2D eigenvalue weighted by Gasteiger charge is 2.14. The Morgan fingerprint density at radius 2 is 2.16 bits per heavy atom. The van der Waals surface area contributed by atoms with Gasteiger partial charge in [0.25, 0.3) is 0 Å². The largest absolute Gasteiger partial charge is 0.309 e. The van der Waals surface area contributed by atoms with Crippen LogP contribution in [-0.2, 0) is 6.42 Å². The van der Waals surface area contributed by atoms with Crippen molar-refractivity contribution in [1.29, 1.82) is 0 Å². The number of halogens is 2. The average molecular weight is 342 g/mol. The molecule has 2 aromatic rings. The Labute approximate surface area is 126 Å². The third-order valence-electron chi connectivity index (χ3n) is 2.91. The molecule has 1 heterocycles. The second-order valence-corrected chi connectivity index (χ2v) is 6.98. The Morgan fingerprint density at radius 1 is 1.32 bits per heavy atom. The van der Waals surface area contributed by atoms with Crippen LogP contribution in [0.15, 0.2) is 40.2 Å². The van der Waals surface area contributed by atoms with Gasteiger partial charge in [-0.05, 0) is 65.1 Å². The average Bonchev–Trinajstić information content (AvgIpc) is 2.81. The van der Waals surface area contributed by atoms with Gasteiger partial charge in [0.05, 0.1) is 3.79 Å². The van der Waals surface area contributed by atoms with Gasteiger partial charge >= 0.3 is 0 Å². The number of hydrogen-bond acceptors (Lipinski definition) is 2. The molecule has 4 heteroatoms. The summed E-state index contributed by atoms with van der Waals surface area (Å²) >= 11 is 5.23. The van der Waals surface area contributed by atoms with Gasteiger partial charge in [-0.15, -0.1) is 11.3 Å². The lowest BCUT2D eigenvalue weighted by Gasteiger charge is -2.17. The van der Waals surface area contributed by atoms with Gasteiger partial charge in [-0.25, -0.2) is 4.39 Å². The van der Waals surface area contributed by atoms with Gasteiger partial charge in [-0.3, -0.25) is 0 Å². The van der Waals surface area contributed by atoms with Crippen molar-refractivity contribution < 1.29 is 4.39 Å². The van der Waals surface area contributed by atoms with Gasteiger partial charge < -0.3 is 5.32 Å². The molecule has 19 heavy (non-hydrogen) atoms. The summed E-state index contributed by atoms with van der Waals surface area (Å²) in [7, 11) is 0. The minimum absolute atomic E-state index is 0.167. The third kappa shape index (κ3) is 4.41. The fraction of sp³-hybridized carbons (Fsp3) is 0.333. The Bertz CT molecular complexity index is 526. The molecule has 0 bridgehead atoms. The van der Waals surface area contributed by atoms with Crippen LogP contribution in [-0.4, -0.2) is 6.54 Å². The molecule has 1 aromatic carbocycles. The molecule has 0 aliphatic carbocycles. The van der Waals surface area contributed by atoms with Gasteiger partial charge in [-0.2, -0.15) is 0 Å². The molecule has 0 amide bonds. The molecule has 1 atom stereocenters. The highest BCUT2D eigenvalue weighted by molar-refractivity contribution is 9.11. The van der Waals surface area contributed by atoms with E-state index in [1.807, 2.05) is 6.07 Å². The lowest BCUT2D eigenvalue weighted by Crippen LogP contribution is -2.23. The Balaban J connectivity index is 2.13. The summed E-state index contributed by atoms with van der Waals surface area (Å²) < 4.78 is 14.4. The monoisotopic (exact) mass is 341 g/mol. The zero-order valence-corrected chi connectivity index (χ0v) is 13.2. The second kappa shape index (κ2) is 7.17. The molecule has 102 valence electrons. The van der Waals surface area contributed by atoms with Crippen molar-refractivity contribution in [1.82, 2.24) is 5.32 Å².